The van der Waals surface area contributed by atoms with E-state index in [0.29, 0.717) is 18.2 Å². The van der Waals surface area contributed by atoms with Gasteiger partial charge in [-0.05, 0) is 30.9 Å². The maximum absolute atomic E-state index is 12.8. The molecule has 0 radical (unpaired) electrons. The number of benzene rings is 1. The van der Waals surface area contributed by atoms with Crippen LogP contribution in [0, 0.1) is 5.92 Å². The Kier molecular flexibility index (Phi) is 5.55. The van der Waals surface area contributed by atoms with E-state index in [1.54, 1.807) is 13.2 Å². The number of H-pyrrole nitrogens is 1. The number of rotatable bonds is 4. The Bertz CT molecular complexity index is 800. The van der Waals surface area contributed by atoms with Crippen LogP contribution in [-0.4, -0.2) is 34.8 Å². The predicted octanol–water partition coefficient (Wildman–Crippen LogP) is 2.46. The number of ether oxygens (including phenoxy) is 1. The molecule has 0 bridgehead atoms. The Morgan fingerprint density at radius 2 is 2.12 bits per heavy atom. The molecule has 2 heterocycles. The smallest absolute Gasteiger partial charge is 0.318 e. The summed E-state index contributed by atoms with van der Waals surface area (Å²) in [5, 5.41) is 9.20. The van der Waals surface area contributed by atoms with Crippen LogP contribution in [0.25, 0.3) is 0 Å². The first-order valence-electron chi connectivity index (χ1n) is 8.80. The van der Waals surface area contributed by atoms with Crippen LogP contribution in [0.3, 0.4) is 0 Å². The molecule has 0 spiro atoms. The number of hydrogen-bond acceptors (Lipinski definition) is 4. The van der Waals surface area contributed by atoms with E-state index in [4.69, 9.17) is 4.74 Å². The number of nitrogens with one attached hydrogen (secondary N) is 2. The van der Waals surface area contributed by atoms with E-state index in [-0.39, 0.29) is 24.2 Å². The maximum atomic E-state index is 12.8. The first kappa shape index (κ1) is 18.0. The first-order valence-corrected chi connectivity index (χ1v) is 8.80. The Hall–Kier alpha value is -2.83. The monoisotopic (exact) mass is 356 g/mol. The standard InChI is InChI=1S/C19H24N4O3/c1-13-7-9-16(15-5-3-4-6-17(15)26-2)23(12-13)19(25)20-11-14-8-10-18(24)22-21-14/h3-6,8,10,13,16H,7,9,11-12H2,1-2H3,(H,20,25)(H,22,24). The van der Waals surface area contributed by atoms with Crippen LogP contribution < -0.4 is 15.6 Å². The van der Waals surface area contributed by atoms with Gasteiger partial charge >= 0.3 is 6.03 Å². The third-order valence-electron chi connectivity index (χ3n) is 4.73. The lowest BCUT2D eigenvalue weighted by Crippen LogP contribution is -2.46. The highest BCUT2D eigenvalue weighted by molar-refractivity contribution is 5.75. The molecule has 2 N–H and O–H groups in total. The van der Waals surface area contributed by atoms with Crippen molar-refractivity contribution in [2.24, 2.45) is 5.92 Å². The van der Waals surface area contributed by atoms with Crippen LogP contribution in [0.4, 0.5) is 4.79 Å². The van der Waals surface area contributed by atoms with Gasteiger partial charge in [0.15, 0.2) is 0 Å². The zero-order valence-electron chi connectivity index (χ0n) is 15.1. The average molecular weight is 356 g/mol. The van der Waals surface area contributed by atoms with E-state index in [2.05, 4.69) is 22.4 Å². The zero-order chi connectivity index (χ0) is 18.5. The van der Waals surface area contributed by atoms with Crippen LogP contribution in [0.2, 0.25) is 0 Å². The zero-order valence-corrected chi connectivity index (χ0v) is 15.1. The Morgan fingerprint density at radius 3 is 2.85 bits per heavy atom. The highest BCUT2D eigenvalue weighted by Crippen LogP contribution is 2.37. The summed E-state index contributed by atoms with van der Waals surface area (Å²) >= 11 is 0. The van der Waals surface area contributed by atoms with Gasteiger partial charge in [-0.15, -0.1) is 0 Å². The summed E-state index contributed by atoms with van der Waals surface area (Å²) in [5.74, 6) is 1.24. The molecular weight excluding hydrogens is 332 g/mol. The SMILES string of the molecule is COc1ccccc1C1CCC(C)CN1C(=O)NCc1ccc(=O)[nH]n1. The van der Waals surface area contributed by atoms with Gasteiger partial charge in [0.2, 0.25) is 0 Å². The minimum absolute atomic E-state index is 0.0223. The van der Waals surface area contributed by atoms with Crippen molar-refractivity contribution in [3.8, 4) is 5.75 Å². The van der Waals surface area contributed by atoms with E-state index < -0.39 is 0 Å². The molecule has 1 aromatic heterocycles. The van der Waals surface area contributed by atoms with Gasteiger partial charge in [-0.3, -0.25) is 4.79 Å². The largest absolute Gasteiger partial charge is 0.496 e. The van der Waals surface area contributed by atoms with Crippen molar-refractivity contribution in [3.05, 3.63) is 58.0 Å². The van der Waals surface area contributed by atoms with Crippen LogP contribution in [-0.2, 0) is 6.54 Å². The number of likely N-dealkylation sites (tertiary alicyclic amines) is 1. The summed E-state index contributed by atoms with van der Waals surface area (Å²) in [6.07, 6.45) is 1.96. The number of carbonyl (C=O) groups excluding carboxylic acids is 1. The van der Waals surface area contributed by atoms with Crippen molar-refractivity contribution in [1.29, 1.82) is 0 Å². The molecule has 2 amide bonds. The Morgan fingerprint density at radius 1 is 1.31 bits per heavy atom. The normalized spacial score (nSPS) is 19.8. The van der Waals surface area contributed by atoms with Gasteiger partial charge in [-0.1, -0.05) is 25.1 Å². The van der Waals surface area contributed by atoms with E-state index in [0.717, 1.165) is 24.2 Å². The highest BCUT2D eigenvalue weighted by atomic mass is 16.5. The van der Waals surface area contributed by atoms with Crippen molar-refractivity contribution in [2.75, 3.05) is 13.7 Å². The van der Waals surface area contributed by atoms with E-state index in [9.17, 15) is 9.59 Å². The third kappa shape index (κ3) is 4.04. The van der Waals surface area contributed by atoms with Gasteiger partial charge < -0.3 is 15.0 Å². The minimum atomic E-state index is -0.263. The number of piperidine rings is 1. The number of para-hydroxylation sites is 1. The average Bonchev–Trinajstić information content (AvgIpc) is 2.67. The topological polar surface area (TPSA) is 87.3 Å². The van der Waals surface area contributed by atoms with Crippen LogP contribution >= 0.6 is 0 Å². The molecule has 0 saturated carbocycles. The number of hydrogen-bond donors (Lipinski definition) is 2. The van der Waals surface area contributed by atoms with E-state index in [1.807, 2.05) is 29.2 Å². The number of amides is 2. The second-order valence-electron chi connectivity index (χ2n) is 6.66. The number of aromatic amines is 1. The van der Waals surface area contributed by atoms with Crippen molar-refractivity contribution in [1.82, 2.24) is 20.4 Å². The van der Waals surface area contributed by atoms with Crippen LogP contribution in [0.5, 0.6) is 5.75 Å². The fourth-order valence-electron chi connectivity index (χ4n) is 3.38. The number of carbonyl (C=O) groups is 1. The predicted molar refractivity (Wildman–Crippen MR) is 97.9 cm³/mol. The lowest BCUT2D eigenvalue weighted by atomic mass is 9.90. The second kappa shape index (κ2) is 8.03. The molecule has 3 rings (SSSR count). The summed E-state index contributed by atoms with van der Waals surface area (Å²) in [4.78, 5) is 25.8. The number of aromatic nitrogens is 2. The molecule has 2 atom stereocenters. The molecule has 1 aromatic carbocycles. The summed E-state index contributed by atoms with van der Waals surface area (Å²) in [6.45, 7) is 3.11. The molecule has 26 heavy (non-hydrogen) atoms. The molecule has 2 aromatic rings. The number of nitrogens with zero attached hydrogens (tertiary/aromatic N) is 2. The second-order valence-corrected chi connectivity index (χ2v) is 6.66. The summed E-state index contributed by atoms with van der Waals surface area (Å²) in [7, 11) is 1.65. The molecule has 7 heteroatoms. The fraction of sp³-hybridized carbons (Fsp3) is 0.421. The van der Waals surface area contributed by atoms with Gasteiger partial charge in [-0.2, -0.15) is 5.10 Å². The van der Waals surface area contributed by atoms with Gasteiger partial charge in [0.05, 0.1) is 25.4 Å². The summed E-state index contributed by atoms with van der Waals surface area (Å²) in [6, 6.07) is 10.7. The number of methoxy groups -OCH3 is 1. The molecular formula is C19H24N4O3. The molecule has 1 aliphatic rings. The van der Waals surface area contributed by atoms with Gasteiger partial charge in [-0.25, -0.2) is 9.89 Å². The van der Waals surface area contributed by atoms with Gasteiger partial charge in [0.1, 0.15) is 5.75 Å². The Balaban J connectivity index is 1.76. The van der Waals surface area contributed by atoms with Gasteiger partial charge in [0, 0.05) is 18.2 Å². The van der Waals surface area contributed by atoms with Crippen LogP contribution in [0.1, 0.15) is 37.1 Å². The summed E-state index contributed by atoms with van der Waals surface area (Å²) in [5.41, 5.74) is 1.37. The van der Waals surface area contributed by atoms with Crippen molar-refractivity contribution in [2.45, 2.75) is 32.4 Å². The molecule has 1 fully saturated rings. The highest BCUT2D eigenvalue weighted by Gasteiger charge is 2.32. The van der Waals surface area contributed by atoms with Gasteiger partial charge in [0.25, 0.3) is 5.56 Å². The molecule has 1 saturated heterocycles. The third-order valence-corrected chi connectivity index (χ3v) is 4.73. The first-order chi connectivity index (χ1) is 12.6. The molecule has 138 valence electrons. The lowest BCUT2D eigenvalue weighted by Gasteiger charge is -2.39. The molecule has 2 unspecified atom stereocenters. The van der Waals surface area contributed by atoms with Crippen molar-refractivity contribution in [3.63, 3.8) is 0 Å². The van der Waals surface area contributed by atoms with E-state index >= 15 is 0 Å². The lowest BCUT2D eigenvalue weighted by molar-refractivity contribution is 0.127. The fourth-order valence-corrected chi connectivity index (χ4v) is 3.38. The van der Waals surface area contributed by atoms with Crippen molar-refractivity contribution < 1.29 is 9.53 Å². The molecule has 0 aliphatic carbocycles. The van der Waals surface area contributed by atoms with E-state index in [1.165, 1.54) is 6.07 Å². The number of urea groups is 1. The van der Waals surface area contributed by atoms with Crippen LogP contribution in [0.15, 0.2) is 41.2 Å². The quantitative estimate of drug-likeness (QED) is 0.881. The minimum Gasteiger partial charge on any atom is -0.496 e. The maximum Gasteiger partial charge on any atom is 0.318 e. The van der Waals surface area contributed by atoms with Crippen molar-refractivity contribution >= 4 is 6.03 Å². The summed E-state index contributed by atoms with van der Waals surface area (Å²) < 4.78 is 5.49. The Labute approximate surface area is 152 Å². The molecule has 7 nitrogen and oxygen atoms in total. The molecule has 1 aliphatic heterocycles.